The number of hydrogen-bond donors (Lipinski definition) is 0. The van der Waals surface area contributed by atoms with Crippen molar-refractivity contribution >= 4 is 12.6 Å². The number of rotatable bonds is 5. The molecule has 1 aliphatic heterocycles. The van der Waals surface area contributed by atoms with E-state index in [1.54, 1.807) is 7.11 Å². The fraction of sp³-hybridized carbons (Fsp3) is 0.500. The molecule has 0 radical (unpaired) electrons. The molecule has 7 heteroatoms. The van der Waals surface area contributed by atoms with E-state index in [0.717, 1.165) is 16.7 Å². The molecule has 2 aromatic rings. The minimum atomic E-state index is -0.495. The van der Waals surface area contributed by atoms with Gasteiger partial charge in [-0.15, -0.1) is 0 Å². The Kier molecular flexibility index (Phi) is 4.66. The first-order valence-corrected chi connectivity index (χ1v) is 8.36. The van der Waals surface area contributed by atoms with E-state index in [0.29, 0.717) is 5.75 Å². The molecule has 1 aromatic heterocycles. The molecule has 0 bridgehead atoms. The van der Waals surface area contributed by atoms with Gasteiger partial charge in [-0.05, 0) is 46.2 Å². The summed E-state index contributed by atoms with van der Waals surface area (Å²) in [7, 11) is 1.10. The van der Waals surface area contributed by atoms with Crippen LogP contribution in [0.25, 0.3) is 5.69 Å². The summed E-state index contributed by atoms with van der Waals surface area (Å²) in [5, 5.41) is 4.35. The maximum atomic E-state index is 6.15. The van der Waals surface area contributed by atoms with Crippen molar-refractivity contribution in [2.24, 2.45) is 0 Å². The summed E-state index contributed by atoms with van der Waals surface area (Å²) in [4.78, 5) is 0. The molecule has 0 amide bonds. The molecule has 1 fully saturated rings. The van der Waals surface area contributed by atoms with Gasteiger partial charge in [-0.25, -0.2) is 4.68 Å². The predicted octanol–water partition coefficient (Wildman–Crippen LogP) is 2.46. The Morgan fingerprint density at radius 1 is 1.16 bits per heavy atom. The Labute approximate surface area is 149 Å². The first-order chi connectivity index (χ1) is 11.7. The Morgan fingerprint density at radius 2 is 1.84 bits per heavy atom. The van der Waals surface area contributed by atoms with Gasteiger partial charge in [0, 0.05) is 24.8 Å². The molecule has 6 nitrogen and oxygen atoms in total. The molecule has 134 valence electrons. The van der Waals surface area contributed by atoms with Crippen LogP contribution in [0.1, 0.15) is 33.3 Å². The molecule has 25 heavy (non-hydrogen) atoms. The second kappa shape index (κ2) is 6.48. The number of ether oxygens (including phenoxy) is 2. The van der Waals surface area contributed by atoms with Crippen LogP contribution >= 0.6 is 0 Å². The second-order valence-corrected chi connectivity index (χ2v) is 7.32. The van der Waals surface area contributed by atoms with Gasteiger partial charge in [0.25, 0.3) is 0 Å². The lowest BCUT2D eigenvalue weighted by Crippen LogP contribution is -2.41. The average Bonchev–Trinajstić information content (AvgIpc) is 3.06. The van der Waals surface area contributed by atoms with Crippen LogP contribution in [0.2, 0.25) is 0 Å². The number of aryl methyl sites for hydroxylation is 1. The van der Waals surface area contributed by atoms with Crippen LogP contribution in [-0.2, 0) is 14.0 Å². The summed E-state index contributed by atoms with van der Waals surface area (Å²) in [5.41, 5.74) is 2.01. The molecule has 0 saturated carbocycles. The summed E-state index contributed by atoms with van der Waals surface area (Å²) in [6.45, 7) is 10.3. The van der Waals surface area contributed by atoms with Crippen molar-refractivity contribution in [1.82, 2.24) is 9.78 Å². The highest BCUT2D eigenvalue weighted by atomic mass is 16.7. The molecule has 2 heterocycles. The van der Waals surface area contributed by atoms with E-state index in [-0.39, 0.29) is 6.79 Å². The van der Waals surface area contributed by atoms with E-state index in [2.05, 4.69) is 5.10 Å². The van der Waals surface area contributed by atoms with Gasteiger partial charge in [0.2, 0.25) is 0 Å². The van der Waals surface area contributed by atoms with Crippen LogP contribution in [0.5, 0.6) is 5.75 Å². The Morgan fingerprint density at radius 3 is 2.40 bits per heavy atom. The zero-order chi connectivity index (χ0) is 18.2. The predicted molar refractivity (Wildman–Crippen MR) is 96.5 cm³/mol. The summed E-state index contributed by atoms with van der Waals surface area (Å²) in [6.07, 6.45) is 3.78. The van der Waals surface area contributed by atoms with Crippen molar-refractivity contribution in [3.8, 4) is 11.4 Å². The molecule has 0 N–H and O–H groups in total. The van der Waals surface area contributed by atoms with Crippen LogP contribution < -0.4 is 10.2 Å². The second-order valence-electron chi connectivity index (χ2n) is 7.32. The maximum Gasteiger partial charge on any atom is 0.498 e. The Bertz CT molecular complexity index is 741. The van der Waals surface area contributed by atoms with E-state index < -0.39 is 18.3 Å². The molecule has 1 saturated heterocycles. The molecule has 1 aromatic carbocycles. The summed E-state index contributed by atoms with van der Waals surface area (Å²) in [5.74, 6) is 0.658. The zero-order valence-electron chi connectivity index (χ0n) is 15.7. The minimum Gasteiger partial charge on any atom is -0.468 e. The molecule has 0 aliphatic carbocycles. The van der Waals surface area contributed by atoms with E-state index in [9.17, 15) is 0 Å². The van der Waals surface area contributed by atoms with E-state index >= 15 is 0 Å². The van der Waals surface area contributed by atoms with E-state index in [1.165, 1.54) is 0 Å². The van der Waals surface area contributed by atoms with E-state index in [1.807, 2.05) is 69.9 Å². The molecule has 1 aliphatic rings. The first-order valence-electron chi connectivity index (χ1n) is 8.36. The lowest BCUT2D eigenvalue weighted by molar-refractivity contribution is 0.00578. The maximum absolute atomic E-state index is 6.15. The zero-order valence-corrected chi connectivity index (χ0v) is 15.7. The number of nitrogens with zero attached hydrogens (tertiary/aromatic N) is 2. The standard InChI is InChI=1S/C18H25BN2O4/c1-13-10-20-21(11-13)14-7-8-15(16(9-14)23-12-22-6)19-24-17(2,3)18(4,5)25-19/h7-11H,12H2,1-6H3. The molecule has 3 rings (SSSR count). The average molecular weight is 344 g/mol. The summed E-state index contributed by atoms with van der Waals surface area (Å²) in [6, 6.07) is 5.86. The number of methoxy groups -OCH3 is 1. The van der Waals surface area contributed by atoms with Crippen molar-refractivity contribution in [1.29, 1.82) is 0 Å². The van der Waals surface area contributed by atoms with Gasteiger partial charge in [-0.3, -0.25) is 0 Å². The SMILES string of the molecule is COCOc1cc(-n2cc(C)cn2)ccc1B1OC(C)(C)C(C)(C)O1. The fourth-order valence-electron chi connectivity index (χ4n) is 2.63. The number of aromatic nitrogens is 2. The van der Waals surface area contributed by atoms with Crippen molar-refractivity contribution in [3.05, 3.63) is 36.2 Å². The van der Waals surface area contributed by atoms with Crippen LogP contribution in [-0.4, -0.2) is 42.0 Å². The van der Waals surface area contributed by atoms with Gasteiger partial charge in [0.05, 0.1) is 23.1 Å². The van der Waals surface area contributed by atoms with Crippen molar-refractivity contribution in [2.75, 3.05) is 13.9 Å². The molecular formula is C18H25BN2O4. The third-order valence-corrected chi connectivity index (χ3v) is 4.81. The first kappa shape index (κ1) is 18.0. The molecule has 0 atom stereocenters. The molecular weight excluding hydrogens is 319 g/mol. The van der Waals surface area contributed by atoms with Crippen LogP contribution in [0.4, 0.5) is 0 Å². The highest BCUT2D eigenvalue weighted by molar-refractivity contribution is 6.63. The monoisotopic (exact) mass is 344 g/mol. The third-order valence-electron chi connectivity index (χ3n) is 4.81. The van der Waals surface area contributed by atoms with Crippen LogP contribution in [0.15, 0.2) is 30.6 Å². The lowest BCUT2D eigenvalue weighted by atomic mass is 9.78. The number of hydrogen-bond acceptors (Lipinski definition) is 5. The highest BCUT2D eigenvalue weighted by Crippen LogP contribution is 2.37. The van der Waals surface area contributed by atoms with Gasteiger partial charge in [-0.1, -0.05) is 6.07 Å². The number of benzene rings is 1. The van der Waals surface area contributed by atoms with Crippen LogP contribution in [0, 0.1) is 6.92 Å². The van der Waals surface area contributed by atoms with Gasteiger partial charge in [0.1, 0.15) is 5.75 Å². The highest BCUT2D eigenvalue weighted by Gasteiger charge is 2.52. The fourth-order valence-corrected chi connectivity index (χ4v) is 2.63. The van der Waals surface area contributed by atoms with Crippen molar-refractivity contribution in [2.45, 2.75) is 45.8 Å². The van der Waals surface area contributed by atoms with Crippen molar-refractivity contribution in [3.63, 3.8) is 0 Å². The van der Waals surface area contributed by atoms with Crippen molar-refractivity contribution < 1.29 is 18.8 Å². The van der Waals surface area contributed by atoms with Gasteiger partial charge >= 0.3 is 7.12 Å². The third kappa shape index (κ3) is 3.45. The molecule has 0 unspecified atom stereocenters. The Hall–Kier alpha value is -1.83. The van der Waals surface area contributed by atoms with Gasteiger partial charge < -0.3 is 18.8 Å². The normalized spacial score (nSPS) is 18.6. The Balaban J connectivity index is 1.96. The largest absolute Gasteiger partial charge is 0.498 e. The van der Waals surface area contributed by atoms with Gasteiger partial charge in [0.15, 0.2) is 6.79 Å². The topological polar surface area (TPSA) is 54.7 Å². The molecule has 0 spiro atoms. The van der Waals surface area contributed by atoms with Gasteiger partial charge in [-0.2, -0.15) is 5.10 Å². The minimum absolute atomic E-state index is 0.147. The quantitative estimate of drug-likeness (QED) is 0.616. The van der Waals surface area contributed by atoms with E-state index in [4.69, 9.17) is 18.8 Å². The lowest BCUT2D eigenvalue weighted by Gasteiger charge is -2.32. The summed E-state index contributed by atoms with van der Waals surface area (Å²) < 4.78 is 25.0. The van der Waals surface area contributed by atoms with Crippen LogP contribution in [0.3, 0.4) is 0 Å². The smallest absolute Gasteiger partial charge is 0.468 e. The summed E-state index contributed by atoms with van der Waals surface area (Å²) >= 11 is 0.